The molecule has 2 aliphatic rings. The summed E-state index contributed by atoms with van der Waals surface area (Å²) in [7, 11) is 0. The Morgan fingerprint density at radius 2 is 2.38 bits per heavy atom. The number of pyridine rings is 1. The highest BCUT2D eigenvalue weighted by atomic mass is 32.2. The van der Waals surface area contributed by atoms with Crippen LogP contribution in [0.4, 0.5) is 10.9 Å². The molecule has 2 aromatic heterocycles. The lowest BCUT2D eigenvalue weighted by atomic mass is 10.1. The molecule has 0 spiro atoms. The van der Waals surface area contributed by atoms with Gasteiger partial charge < -0.3 is 15.0 Å². The third-order valence-electron chi connectivity index (χ3n) is 4.22. The second-order valence-electron chi connectivity index (χ2n) is 5.72. The van der Waals surface area contributed by atoms with E-state index in [0.717, 1.165) is 37.8 Å². The van der Waals surface area contributed by atoms with Crippen LogP contribution in [0, 0.1) is 0 Å². The van der Waals surface area contributed by atoms with E-state index in [2.05, 4.69) is 15.3 Å². The molecule has 0 radical (unpaired) electrons. The molecule has 126 valence electrons. The summed E-state index contributed by atoms with van der Waals surface area (Å²) in [4.78, 5) is 23.6. The molecule has 2 saturated heterocycles. The van der Waals surface area contributed by atoms with Crippen LogP contribution in [0.3, 0.4) is 0 Å². The number of carbonyl (C=O) groups excluding carboxylic acids is 1. The van der Waals surface area contributed by atoms with Gasteiger partial charge in [-0.15, -0.1) is 11.3 Å². The Bertz CT molecular complexity index is 707. The molecular formula is C16H18N4O2S2. The fourth-order valence-corrected chi connectivity index (χ4v) is 5.05. The predicted molar refractivity (Wildman–Crippen MR) is 96.1 cm³/mol. The van der Waals surface area contributed by atoms with E-state index in [1.165, 1.54) is 11.3 Å². The van der Waals surface area contributed by atoms with Crippen molar-refractivity contribution in [1.29, 1.82) is 0 Å². The number of carbonyl (C=O) groups is 1. The number of anilines is 2. The Balaban J connectivity index is 1.48. The van der Waals surface area contributed by atoms with Crippen molar-refractivity contribution >= 4 is 40.0 Å². The average Bonchev–Trinajstić information content (AvgIpc) is 3.10. The van der Waals surface area contributed by atoms with Crippen LogP contribution in [-0.2, 0) is 4.74 Å². The lowest BCUT2D eigenvalue weighted by Gasteiger charge is -2.43. The van der Waals surface area contributed by atoms with Gasteiger partial charge in [-0.1, -0.05) is 6.07 Å². The van der Waals surface area contributed by atoms with E-state index < -0.39 is 0 Å². The van der Waals surface area contributed by atoms with Crippen molar-refractivity contribution < 1.29 is 9.53 Å². The molecule has 1 amide bonds. The SMILES string of the molecule is O=C(c1csc(Nc2ccccn2)n1)N1CCSC2COCCC21. The number of hydrogen-bond acceptors (Lipinski definition) is 7. The van der Waals surface area contributed by atoms with Gasteiger partial charge in [0.15, 0.2) is 5.13 Å². The maximum atomic E-state index is 12.9. The summed E-state index contributed by atoms with van der Waals surface area (Å²) in [6.07, 6.45) is 2.63. The maximum absolute atomic E-state index is 12.9. The van der Waals surface area contributed by atoms with E-state index >= 15 is 0 Å². The molecule has 24 heavy (non-hydrogen) atoms. The van der Waals surface area contributed by atoms with Gasteiger partial charge in [0.2, 0.25) is 0 Å². The Morgan fingerprint density at radius 3 is 3.25 bits per heavy atom. The fourth-order valence-electron chi connectivity index (χ4n) is 3.06. The molecule has 2 unspecified atom stereocenters. The van der Waals surface area contributed by atoms with Gasteiger partial charge in [0.05, 0.1) is 6.61 Å². The van der Waals surface area contributed by atoms with Gasteiger partial charge in [0.1, 0.15) is 11.5 Å². The smallest absolute Gasteiger partial charge is 0.273 e. The first-order chi connectivity index (χ1) is 11.8. The summed E-state index contributed by atoms with van der Waals surface area (Å²) < 4.78 is 5.55. The summed E-state index contributed by atoms with van der Waals surface area (Å²) in [5, 5.41) is 6.04. The summed E-state index contributed by atoms with van der Waals surface area (Å²) in [5.74, 6) is 1.71. The molecule has 2 aliphatic heterocycles. The van der Waals surface area contributed by atoms with Crippen molar-refractivity contribution in [1.82, 2.24) is 14.9 Å². The van der Waals surface area contributed by atoms with Crippen LogP contribution in [-0.4, -0.2) is 57.6 Å². The first-order valence-corrected chi connectivity index (χ1v) is 9.88. The number of thiazole rings is 1. The topological polar surface area (TPSA) is 67.4 Å². The molecular weight excluding hydrogens is 344 g/mol. The standard InChI is InChI=1S/C16H18N4O2S2/c21-15(20-6-8-23-13-9-22-7-4-12(13)20)11-10-24-16(18-11)19-14-3-1-2-5-17-14/h1-3,5,10,12-13H,4,6-9H2,(H,17,18,19). The number of ether oxygens (including phenoxy) is 1. The summed E-state index contributed by atoms with van der Waals surface area (Å²) >= 11 is 3.34. The molecule has 0 aromatic carbocycles. The quantitative estimate of drug-likeness (QED) is 0.905. The van der Waals surface area contributed by atoms with Gasteiger partial charge in [-0.2, -0.15) is 11.8 Å². The highest BCUT2D eigenvalue weighted by Gasteiger charge is 2.37. The zero-order chi connectivity index (χ0) is 16.4. The number of thioether (sulfide) groups is 1. The van der Waals surface area contributed by atoms with Crippen LogP contribution in [0.5, 0.6) is 0 Å². The molecule has 0 bridgehead atoms. The van der Waals surface area contributed by atoms with Crippen LogP contribution in [0.25, 0.3) is 0 Å². The van der Waals surface area contributed by atoms with Crippen LogP contribution < -0.4 is 5.32 Å². The van der Waals surface area contributed by atoms with Crippen molar-refractivity contribution in [3.05, 3.63) is 35.5 Å². The molecule has 0 saturated carbocycles. The van der Waals surface area contributed by atoms with Crippen LogP contribution in [0.2, 0.25) is 0 Å². The van der Waals surface area contributed by atoms with Gasteiger partial charge in [-0.05, 0) is 18.6 Å². The Morgan fingerprint density at radius 1 is 1.42 bits per heavy atom. The lowest BCUT2D eigenvalue weighted by molar-refractivity contribution is 0.0316. The largest absolute Gasteiger partial charge is 0.380 e. The van der Waals surface area contributed by atoms with Crippen molar-refractivity contribution in [3.63, 3.8) is 0 Å². The van der Waals surface area contributed by atoms with Gasteiger partial charge in [0, 0.05) is 41.8 Å². The van der Waals surface area contributed by atoms with E-state index in [1.54, 1.807) is 6.20 Å². The normalized spacial score (nSPS) is 23.6. The Kier molecular flexibility index (Phi) is 4.68. The van der Waals surface area contributed by atoms with E-state index in [1.807, 2.05) is 40.2 Å². The average molecular weight is 362 g/mol. The number of aromatic nitrogens is 2. The van der Waals surface area contributed by atoms with Gasteiger partial charge in [-0.3, -0.25) is 4.79 Å². The van der Waals surface area contributed by atoms with Crippen molar-refractivity contribution in [2.45, 2.75) is 17.7 Å². The maximum Gasteiger partial charge on any atom is 0.273 e. The summed E-state index contributed by atoms with van der Waals surface area (Å²) in [5.41, 5.74) is 0.510. The van der Waals surface area contributed by atoms with E-state index in [-0.39, 0.29) is 11.9 Å². The zero-order valence-corrected chi connectivity index (χ0v) is 14.7. The number of rotatable bonds is 3. The molecule has 2 fully saturated rings. The molecule has 4 heterocycles. The third-order valence-corrected chi connectivity index (χ3v) is 6.27. The first kappa shape index (κ1) is 15.9. The number of nitrogens with one attached hydrogen (secondary N) is 1. The Hall–Kier alpha value is -1.64. The molecule has 6 nitrogen and oxygen atoms in total. The molecule has 0 aliphatic carbocycles. The van der Waals surface area contributed by atoms with E-state index in [4.69, 9.17) is 4.74 Å². The summed E-state index contributed by atoms with van der Waals surface area (Å²) in [6.45, 7) is 2.25. The van der Waals surface area contributed by atoms with E-state index in [0.29, 0.717) is 16.1 Å². The fraction of sp³-hybridized carbons (Fsp3) is 0.438. The van der Waals surface area contributed by atoms with Gasteiger partial charge in [-0.25, -0.2) is 9.97 Å². The second-order valence-corrected chi connectivity index (χ2v) is 7.92. The van der Waals surface area contributed by atoms with E-state index in [9.17, 15) is 4.79 Å². The predicted octanol–water partition coefficient (Wildman–Crippen LogP) is 2.63. The molecule has 8 heteroatoms. The highest BCUT2D eigenvalue weighted by Crippen LogP contribution is 2.31. The zero-order valence-electron chi connectivity index (χ0n) is 13.1. The first-order valence-electron chi connectivity index (χ1n) is 7.95. The van der Waals surface area contributed by atoms with Crippen LogP contribution >= 0.6 is 23.1 Å². The molecule has 2 aromatic rings. The monoisotopic (exact) mass is 362 g/mol. The van der Waals surface area contributed by atoms with Crippen molar-refractivity contribution in [2.75, 3.05) is 30.8 Å². The van der Waals surface area contributed by atoms with Crippen LogP contribution in [0.1, 0.15) is 16.9 Å². The van der Waals surface area contributed by atoms with Gasteiger partial charge >= 0.3 is 0 Å². The highest BCUT2D eigenvalue weighted by molar-refractivity contribution is 8.00. The molecule has 4 rings (SSSR count). The molecule has 1 N–H and O–H groups in total. The minimum atomic E-state index is 0.0255. The third kappa shape index (κ3) is 3.26. The Labute approximate surface area is 148 Å². The second kappa shape index (κ2) is 7.08. The minimum Gasteiger partial charge on any atom is -0.380 e. The number of nitrogens with zero attached hydrogens (tertiary/aromatic N) is 3. The van der Waals surface area contributed by atoms with Crippen molar-refractivity contribution in [2.24, 2.45) is 0 Å². The summed E-state index contributed by atoms with van der Waals surface area (Å²) in [6, 6.07) is 5.91. The lowest BCUT2D eigenvalue weighted by Crippen LogP contribution is -2.54. The molecule has 2 atom stereocenters. The van der Waals surface area contributed by atoms with Crippen LogP contribution in [0.15, 0.2) is 29.8 Å². The van der Waals surface area contributed by atoms with Gasteiger partial charge in [0.25, 0.3) is 5.91 Å². The minimum absolute atomic E-state index is 0.0255. The number of amides is 1. The van der Waals surface area contributed by atoms with Crippen molar-refractivity contribution in [3.8, 4) is 0 Å². The number of hydrogen-bond donors (Lipinski definition) is 1. The number of fused-ring (bicyclic) bond motifs is 1.